The molecule has 4 aromatic rings. The molecule has 0 saturated heterocycles. The van der Waals surface area contributed by atoms with E-state index in [1.807, 2.05) is 60.0 Å². The predicted octanol–water partition coefficient (Wildman–Crippen LogP) is 4.53. The number of halogens is 1. The van der Waals surface area contributed by atoms with Crippen LogP contribution >= 0.6 is 23.4 Å². The molecule has 2 aromatic carbocycles. The summed E-state index contributed by atoms with van der Waals surface area (Å²) in [6, 6.07) is 18.9. The van der Waals surface area contributed by atoms with E-state index in [4.69, 9.17) is 11.6 Å². The van der Waals surface area contributed by atoms with Crippen LogP contribution in [0.5, 0.6) is 0 Å². The average Bonchev–Trinajstić information content (AvgIpc) is 3.24. The smallest absolute Gasteiger partial charge is 0.250 e. The van der Waals surface area contributed by atoms with Crippen molar-refractivity contribution in [3.8, 4) is 17.1 Å². The highest BCUT2D eigenvalue weighted by Gasteiger charge is 2.17. The molecule has 1 amide bonds. The largest absolute Gasteiger partial charge is 0.272 e. The zero-order valence-electron chi connectivity index (χ0n) is 17.1. The fourth-order valence-electron chi connectivity index (χ4n) is 2.87. The molecule has 1 N–H and O–H groups in total. The Hall–Kier alpha value is -3.49. The standard InChI is InChI=1S/C23H19ClN6OS/c1-16-2-4-17(5-3-16)14-26-27-21(31)15-32-23-29-28-22(18-10-12-25-13-11-18)30(23)20-8-6-19(24)7-9-20/h2-14H,15H2,1H3,(H,27,31). The van der Waals surface area contributed by atoms with Crippen LogP contribution < -0.4 is 5.43 Å². The van der Waals surface area contributed by atoms with Crippen LogP contribution in [0.1, 0.15) is 11.1 Å². The number of aromatic nitrogens is 4. The molecule has 9 heteroatoms. The van der Waals surface area contributed by atoms with Crippen LogP contribution in [-0.4, -0.2) is 37.6 Å². The van der Waals surface area contributed by atoms with Gasteiger partial charge < -0.3 is 0 Å². The SMILES string of the molecule is Cc1ccc(C=NNC(=O)CSc2nnc(-c3ccncc3)n2-c2ccc(Cl)cc2)cc1. The summed E-state index contributed by atoms with van der Waals surface area (Å²) in [5.41, 5.74) is 6.33. The van der Waals surface area contributed by atoms with E-state index in [0.717, 1.165) is 16.8 Å². The molecule has 0 spiro atoms. The van der Waals surface area contributed by atoms with Crippen LogP contribution in [0.3, 0.4) is 0 Å². The number of nitrogens with zero attached hydrogens (tertiary/aromatic N) is 5. The Morgan fingerprint density at radius 1 is 1.06 bits per heavy atom. The molecule has 0 unspecified atom stereocenters. The van der Waals surface area contributed by atoms with Crippen LogP contribution in [0.25, 0.3) is 17.1 Å². The number of carbonyl (C=O) groups is 1. The molecule has 0 radical (unpaired) electrons. The molecule has 0 aliphatic heterocycles. The number of hydrogen-bond donors (Lipinski definition) is 1. The molecule has 2 aromatic heterocycles. The lowest BCUT2D eigenvalue weighted by atomic mass is 10.2. The number of nitrogens with one attached hydrogen (secondary N) is 1. The highest BCUT2D eigenvalue weighted by atomic mass is 35.5. The lowest BCUT2D eigenvalue weighted by molar-refractivity contribution is -0.118. The fraction of sp³-hybridized carbons (Fsp3) is 0.0870. The summed E-state index contributed by atoms with van der Waals surface area (Å²) in [6.45, 7) is 2.02. The van der Waals surface area contributed by atoms with Gasteiger partial charge in [-0.3, -0.25) is 14.3 Å². The van der Waals surface area contributed by atoms with Gasteiger partial charge in [0.05, 0.1) is 12.0 Å². The van der Waals surface area contributed by atoms with Gasteiger partial charge in [0.1, 0.15) is 0 Å². The number of thioether (sulfide) groups is 1. The molecular weight excluding hydrogens is 444 g/mol. The first-order chi connectivity index (χ1) is 15.6. The number of aryl methyl sites for hydroxylation is 1. The lowest BCUT2D eigenvalue weighted by Crippen LogP contribution is -2.20. The molecule has 0 bridgehead atoms. The topological polar surface area (TPSA) is 85.1 Å². The number of hydrogen-bond acceptors (Lipinski definition) is 6. The van der Waals surface area contributed by atoms with Crippen LogP contribution in [0.2, 0.25) is 5.02 Å². The van der Waals surface area contributed by atoms with E-state index in [2.05, 4.69) is 25.7 Å². The molecule has 0 aliphatic rings. The maximum absolute atomic E-state index is 12.3. The van der Waals surface area contributed by atoms with Crippen molar-refractivity contribution >= 4 is 35.5 Å². The number of benzene rings is 2. The Morgan fingerprint density at radius 3 is 2.50 bits per heavy atom. The van der Waals surface area contributed by atoms with Gasteiger partial charge in [-0.2, -0.15) is 5.10 Å². The fourth-order valence-corrected chi connectivity index (χ4v) is 3.74. The number of amides is 1. The van der Waals surface area contributed by atoms with Crippen molar-refractivity contribution in [2.45, 2.75) is 12.1 Å². The summed E-state index contributed by atoms with van der Waals surface area (Å²) in [4.78, 5) is 16.4. The summed E-state index contributed by atoms with van der Waals surface area (Å²) in [5.74, 6) is 0.539. The van der Waals surface area contributed by atoms with Gasteiger partial charge in [0.15, 0.2) is 11.0 Å². The summed E-state index contributed by atoms with van der Waals surface area (Å²) in [6.07, 6.45) is 5.00. The summed E-state index contributed by atoms with van der Waals surface area (Å²) in [7, 11) is 0. The Morgan fingerprint density at radius 2 is 1.78 bits per heavy atom. The summed E-state index contributed by atoms with van der Waals surface area (Å²) >= 11 is 7.33. The Labute approximate surface area is 194 Å². The number of carbonyl (C=O) groups excluding carboxylic acids is 1. The van der Waals surface area contributed by atoms with Crippen LogP contribution in [0.4, 0.5) is 0 Å². The highest BCUT2D eigenvalue weighted by molar-refractivity contribution is 7.99. The van der Waals surface area contributed by atoms with Crippen molar-refractivity contribution in [1.82, 2.24) is 25.2 Å². The van der Waals surface area contributed by atoms with E-state index in [1.54, 1.807) is 30.7 Å². The van der Waals surface area contributed by atoms with Gasteiger partial charge in [-0.25, -0.2) is 5.43 Å². The van der Waals surface area contributed by atoms with Crippen LogP contribution in [-0.2, 0) is 4.79 Å². The molecule has 0 fully saturated rings. The second-order valence-corrected chi connectivity index (χ2v) is 8.23. The molecule has 0 saturated carbocycles. The van der Waals surface area contributed by atoms with E-state index in [1.165, 1.54) is 17.3 Å². The van der Waals surface area contributed by atoms with E-state index < -0.39 is 0 Å². The third kappa shape index (κ3) is 5.40. The van der Waals surface area contributed by atoms with E-state index in [9.17, 15) is 4.79 Å². The van der Waals surface area contributed by atoms with Crippen LogP contribution in [0, 0.1) is 6.92 Å². The maximum atomic E-state index is 12.3. The summed E-state index contributed by atoms with van der Waals surface area (Å²) < 4.78 is 1.89. The van der Waals surface area contributed by atoms with Gasteiger partial charge in [-0.05, 0) is 48.9 Å². The maximum Gasteiger partial charge on any atom is 0.250 e. The number of hydrazone groups is 1. The predicted molar refractivity (Wildman–Crippen MR) is 127 cm³/mol. The zero-order chi connectivity index (χ0) is 22.3. The molecule has 0 atom stereocenters. The van der Waals surface area contributed by atoms with Gasteiger partial charge in [0.2, 0.25) is 0 Å². The first-order valence-corrected chi connectivity index (χ1v) is 11.1. The zero-order valence-corrected chi connectivity index (χ0v) is 18.7. The van der Waals surface area contributed by atoms with Gasteiger partial charge >= 0.3 is 0 Å². The van der Waals surface area contributed by atoms with Gasteiger partial charge in [0.25, 0.3) is 5.91 Å². The molecule has 2 heterocycles. The average molecular weight is 463 g/mol. The van der Waals surface area contributed by atoms with Gasteiger partial charge in [0, 0.05) is 28.7 Å². The molecule has 7 nitrogen and oxygen atoms in total. The number of pyridine rings is 1. The van der Waals surface area contributed by atoms with Gasteiger partial charge in [-0.1, -0.05) is 53.2 Å². The minimum atomic E-state index is -0.241. The monoisotopic (exact) mass is 462 g/mol. The van der Waals surface area contributed by atoms with Crippen molar-refractivity contribution in [3.63, 3.8) is 0 Å². The Balaban J connectivity index is 1.49. The minimum Gasteiger partial charge on any atom is -0.272 e. The molecule has 32 heavy (non-hydrogen) atoms. The highest BCUT2D eigenvalue weighted by Crippen LogP contribution is 2.28. The van der Waals surface area contributed by atoms with E-state index >= 15 is 0 Å². The molecule has 4 rings (SSSR count). The van der Waals surface area contributed by atoms with E-state index in [-0.39, 0.29) is 11.7 Å². The van der Waals surface area contributed by atoms with Crippen molar-refractivity contribution in [1.29, 1.82) is 0 Å². The van der Waals surface area contributed by atoms with E-state index in [0.29, 0.717) is 16.0 Å². The molecule has 0 aliphatic carbocycles. The second kappa shape index (κ2) is 10.2. The first-order valence-electron chi connectivity index (χ1n) is 9.73. The van der Waals surface area contributed by atoms with Crippen molar-refractivity contribution < 1.29 is 4.79 Å². The second-order valence-electron chi connectivity index (χ2n) is 6.85. The van der Waals surface area contributed by atoms with Crippen molar-refractivity contribution in [3.05, 3.63) is 89.2 Å². The van der Waals surface area contributed by atoms with Gasteiger partial charge in [-0.15, -0.1) is 10.2 Å². The van der Waals surface area contributed by atoms with Crippen LogP contribution in [0.15, 0.2) is 83.3 Å². The normalized spacial score (nSPS) is 11.1. The van der Waals surface area contributed by atoms with Crippen molar-refractivity contribution in [2.24, 2.45) is 5.10 Å². The molecular formula is C23H19ClN6OS. The Kier molecular flexibility index (Phi) is 6.94. The quantitative estimate of drug-likeness (QED) is 0.248. The minimum absolute atomic E-state index is 0.132. The third-order valence-electron chi connectivity index (χ3n) is 4.47. The lowest BCUT2D eigenvalue weighted by Gasteiger charge is -2.10. The molecule has 160 valence electrons. The summed E-state index contributed by atoms with van der Waals surface area (Å²) in [5, 5.41) is 13.9. The third-order valence-corrected chi connectivity index (χ3v) is 5.65. The Bertz CT molecular complexity index is 1220. The number of rotatable bonds is 7. The first kappa shape index (κ1) is 21.7. The van der Waals surface area contributed by atoms with Crippen molar-refractivity contribution in [2.75, 3.05) is 5.75 Å².